The van der Waals surface area contributed by atoms with Gasteiger partial charge in [0.1, 0.15) is 19.5 Å². The Morgan fingerprint density at radius 1 is 1.17 bits per heavy atom. The summed E-state index contributed by atoms with van der Waals surface area (Å²) >= 11 is 0. The molecule has 1 aromatic carbocycles. The number of ether oxygens (including phenoxy) is 3. The lowest BCUT2D eigenvalue weighted by Crippen LogP contribution is -2.20. The Labute approximate surface area is 104 Å². The summed E-state index contributed by atoms with van der Waals surface area (Å²) < 4.78 is 14.8. The summed E-state index contributed by atoms with van der Waals surface area (Å²) in [5, 5.41) is 0. The van der Waals surface area contributed by atoms with E-state index in [1.54, 1.807) is 30.3 Å². The van der Waals surface area contributed by atoms with E-state index < -0.39 is 5.97 Å². The minimum atomic E-state index is -0.695. The molecule has 0 fully saturated rings. The van der Waals surface area contributed by atoms with Crippen LogP contribution in [0.1, 0.15) is 10.4 Å². The monoisotopic (exact) mass is 248 g/mol. The summed E-state index contributed by atoms with van der Waals surface area (Å²) in [4.78, 5) is 23.1. The van der Waals surface area contributed by atoms with Crippen LogP contribution in [0.4, 0.5) is 0 Å². The van der Waals surface area contributed by atoms with Crippen LogP contribution in [0.25, 0.3) is 0 Å². The second-order valence-corrected chi connectivity index (χ2v) is 3.57. The number of benzene rings is 1. The molecule has 5 nitrogen and oxygen atoms in total. The summed E-state index contributed by atoms with van der Waals surface area (Å²) in [5.41, 5.74) is 0.500. The van der Waals surface area contributed by atoms with Crippen LogP contribution in [0.3, 0.4) is 0 Å². The van der Waals surface area contributed by atoms with E-state index in [-0.39, 0.29) is 18.1 Å². The van der Waals surface area contributed by atoms with Crippen LogP contribution in [-0.2, 0) is 19.0 Å². The SMILES string of the molecule is O=C(OCC(=O)c1ccccc1)C1=COCCO1. The molecule has 1 aliphatic heterocycles. The molecule has 2 rings (SSSR count). The van der Waals surface area contributed by atoms with Gasteiger partial charge in [-0.1, -0.05) is 30.3 Å². The predicted octanol–water partition coefficient (Wildman–Crippen LogP) is 1.30. The van der Waals surface area contributed by atoms with Gasteiger partial charge in [-0.3, -0.25) is 4.79 Å². The van der Waals surface area contributed by atoms with Gasteiger partial charge in [-0.05, 0) is 0 Å². The first-order valence-corrected chi connectivity index (χ1v) is 5.47. The number of hydrogen-bond acceptors (Lipinski definition) is 5. The van der Waals surface area contributed by atoms with Gasteiger partial charge in [0.05, 0.1) is 0 Å². The van der Waals surface area contributed by atoms with Crippen molar-refractivity contribution < 1.29 is 23.8 Å². The zero-order valence-electron chi connectivity index (χ0n) is 9.63. The van der Waals surface area contributed by atoms with Gasteiger partial charge in [0.2, 0.25) is 5.76 Å². The Kier molecular flexibility index (Phi) is 3.96. The maximum absolute atomic E-state index is 11.7. The molecule has 0 amide bonds. The second-order valence-electron chi connectivity index (χ2n) is 3.57. The summed E-state index contributed by atoms with van der Waals surface area (Å²) in [6.07, 6.45) is 1.19. The van der Waals surface area contributed by atoms with Crippen LogP contribution in [-0.4, -0.2) is 31.6 Å². The van der Waals surface area contributed by atoms with Gasteiger partial charge < -0.3 is 14.2 Å². The van der Waals surface area contributed by atoms with Crippen LogP contribution in [0.2, 0.25) is 0 Å². The van der Waals surface area contributed by atoms with Crippen LogP contribution >= 0.6 is 0 Å². The van der Waals surface area contributed by atoms with Gasteiger partial charge in [0.25, 0.3) is 0 Å². The third-order valence-corrected chi connectivity index (χ3v) is 2.28. The average molecular weight is 248 g/mol. The van der Waals surface area contributed by atoms with E-state index in [0.29, 0.717) is 18.8 Å². The standard InChI is InChI=1S/C13H12O5/c14-11(10-4-2-1-3-5-10)8-18-13(15)12-9-16-6-7-17-12/h1-5,9H,6-8H2. The number of ketones is 1. The lowest BCUT2D eigenvalue weighted by atomic mass is 10.1. The molecule has 1 aromatic rings. The fourth-order valence-electron chi connectivity index (χ4n) is 1.39. The van der Waals surface area contributed by atoms with E-state index >= 15 is 0 Å². The first-order chi connectivity index (χ1) is 8.77. The number of rotatable bonds is 4. The Bertz CT molecular complexity index is 464. The predicted molar refractivity (Wildman–Crippen MR) is 61.7 cm³/mol. The summed E-state index contributed by atoms with van der Waals surface area (Å²) in [6.45, 7) is 0.386. The molecule has 94 valence electrons. The third kappa shape index (κ3) is 3.10. The topological polar surface area (TPSA) is 61.8 Å². The van der Waals surface area contributed by atoms with E-state index in [2.05, 4.69) is 0 Å². The maximum Gasteiger partial charge on any atom is 0.377 e. The van der Waals surface area contributed by atoms with Gasteiger partial charge in [-0.2, -0.15) is 0 Å². The van der Waals surface area contributed by atoms with E-state index in [4.69, 9.17) is 14.2 Å². The minimum absolute atomic E-state index is 0.0119. The van der Waals surface area contributed by atoms with Crippen molar-refractivity contribution in [3.63, 3.8) is 0 Å². The van der Waals surface area contributed by atoms with Crippen molar-refractivity contribution in [2.24, 2.45) is 0 Å². The number of carbonyl (C=O) groups excluding carboxylic acids is 2. The summed E-state index contributed by atoms with van der Waals surface area (Å²) in [7, 11) is 0. The molecule has 0 saturated heterocycles. The molecule has 5 heteroatoms. The van der Waals surface area contributed by atoms with Crippen LogP contribution in [0.15, 0.2) is 42.4 Å². The Balaban J connectivity index is 1.86. The molecule has 1 heterocycles. The van der Waals surface area contributed by atoms with Gasteiger partial charge in [-0.15, -0.1) is 0 Å². The normalized spacial score (nSPS) is 13.9. The zero-order chi connectivity index (χ0) is 12.8. The average Bonchev–Trinajstić information content (AvgIpc) is 2.46. The van der Waals surface area contributed by atoms with Gasteiger partial charge >= 0.3 is 5.97 Å². The van der Waals surface area contributed by atoms with E-state index in [1.807, 2.05) is 0 Å². The van der Waals surface area contributed by atoms with Gasteiger partial charge in [0.15, 0.2) is 12.4 Å². The number of Topliss-reactive ketones (excluding diaryl/α,β-unsaturated/α-hetero) is 1. The molecule has 0 spiro atoms. The minimum Gasteiger partial charge on any atom is -0.493 e. The highest BCUT2D eigenvalue weighted by atomic mass is 16.6. The Morgan fingerprint density at radius 2 is 1.94 bits per heavy atom. The van der Waals surface area contributed by atoms with Gasteiger partial charge in [0, 0.05) is 5.56 Å². The highest BCUT2D eigenvalue weighted by Crippen LogP contribution is 2.07. The van der Waals surface area contributed by atoms with Gasteiger partial charge in [-0.25, -0.2) is 4.79 Å². The van der Waals surface area contributed by atoms with Crippen molar-refractivity contribution in [3.8, 4) is 0 Å². The molecule has 0 unspecified atom stereocenters. The Morgan fingerprint density at radius 3 is 2.61 bits per heavy atom. The zero-order valence-corrected chi connectivity index (χ0v) is 9.63. The van der Waals surface area contributed by atoms with Crippen LogP contribution in [0.5, 0.6) is 0 Å². The van der Waals surface area contributed by atoms with Crippen molar-refractivity contribution in [1.82, 2.24) is 0 Å². The molecular weight excluding hydrogens is 236 g/mol. The first-order valence-electron chi connectivity index (χ1n) is 5.47. The molecular formula is C13H12O5. The fraction of sp³-hybridized carbons (Fsp3) is 0.231. The molecule has 0 aromatic heterocycles. The lowest BCUT2D eigenvalue weighted by Gasteiger charge is -2.14. The Hall–Kier alpha value is -2.30. The van der Waals surface area contributed by atoms with E-state index in [0.717, 1.165) is 0 Å². The molecule has 0 aliphatic carbocycles. The molecule has 1 aliphatic rings. The molecule has 0 N–H and O–H groups in total. The van der Waals surface area contributed by atoms with Crippen molar-refractivity contribution in [1.29, 1.82) is 0 Å². The van der Waals surface area contributed by atoms with Crippen molar-refractivity contribution in [2.45, 2.75) is 0 Å². The van der Waals surface area contributed by atoms with Crippen molar-refractivity contribution >= 4 is 11.8 Å². The largest absolute Gasteiger partial charge is 0.493 e. The maximum atomic E-state index is 11.7. The molecule has 0 atom stereocenters. The van der Waals surface area contributed by atoms with E-state index in [1.165, 1.54) is 6.26 Å². The fourth-order valence-corrected chi connectivity index (χ4v) is 1.39. The van der Waals surface area contributed by atoms with Crippen LogP contribution < -0.4 is 0 Å². The lowest BCUT2D eigenvalue weighted by molar-refractivity contribution is -0.143. The number of carbonyl (C=O) groups is 2. The highest BCUT2D eigenvalue weighted by Gasteiger charge is 2.18. The number of hydrogen-bond donors (Lipinski definition) is 0. The molecule has 0 bridgehead atoms. The molecule has 18 heavy (non-hydrogen) atoms. The summed E-state index contributed by atoms with van der Waals surface area (Å²) in [6, 6.07) is 8.62. The van der Waals surface area contributed by atoms with Crippen molar-refractivity contribution in [3.05, 3.63) is 47.9 Å². The van der Waals surface area contributed by atoms with E-state index in [9.17, 15) is 9.59 Å². The quantitative estimate of drug-likeness (QED) is 0.593. The van der Waals surface area contributed by atoms with Crippen molar-refractivity contribution in [2.75, 3.05) is 19.8 Å². The third-order valence-electron chi connectivity index (χ3n) is 2.28. The smallest absolute Gasteiger partial charge is 0.377 e. The van der Waals surface area contributed by atoms with Crippen LogP contribution in [0, 0.1) is 0 Å². The number of esters is 1. The molecule has 0 radical (unpaired) electrons. The summed E-state index contributed by atoms with van der Waals surface area (Å²) in [5.74, 6) is -0.970. The first kappa shape index (κ1) is 12.2. The second kappa shape index (κ2) is 5.86. The highest BCUT2D eigenvalue weighted by molar-refractivity contribution is 5.98. The molecule has 0 saturated carbocycles.